The van der Waals surface area contributed by atoms with Crippen LogP contribution in [0.3, 0.4) is 0 Å². The van der Waals surface area contributed by atoms with Crippen molar-refractivity contribution in [3.8, 4) is 0 Å². The van der Waals surface area contributed by atoms with Crippen LogP contribution in [0, 0.1) is 5.41 Å². The lowest BCUT2D eigenvalue weighted by molar-refractivity contribution is 0.304. The number of imidazole rings is 1. The van der Waals surface area contributed by atoms with Crippen LogP contribution in [0.5, 0.6) is 0 Å². The van der Waals surface area contributed by atoms with E-state index in [4.69, 9.17) is 10.9 Å². The van der Waals surface area contributed by atoms with Crippen molar-refractivity contribution >= 4 is 27.1 Å². The first-order valence-electron chi connectivity index (χ1n) is 6.78. The third-order valence-electron chi connectivity index (χ3n) is 3.59. The van der Waals surface area contributed by atoms with Crippen molar-refractivity contribution in [2.24, 2.45) is 10.6 Å². The third-order valence-corrected chi connectivity index (χ3v) is 4.36. The summed E-state index contributed by atoms with van der Waals surface area (Å²) in [5, 5.41) is 5.04. The van der Waals surface area contributed by atoms with E-state index in [1.807, 2.05) is 13.8 Å². The Bertz CT molecular complexity index is 836. The molecule has 0 aliphatic rings. The minimum atomic E-state index is -3.47. The van der Waals surface area contributed by atoms with Gasteiger partial charge in [-0.1, -0.05) is 13.8 Å². The van der Waals surface area contributed by atoms with E-state index in [-0.39, 0.29) is 28.2 Å². The summed E-state index contributed by atoms with van der Waals surface area (Å²) in [5.74, 6) is -0.0250. The van der Waals surface area contributed by atoms with E-state index in [9.17, 15) is 13.2 Å². The molecule has 0 bridgehead atoms. The maximum absolute atomic E-state index is 11.7. The van der Waals surface area contributed by atoms with Crippen LogP contribution in [0.1, 0.15) is 26.7 Å². The van der Waals surface area contributed by atoms with Crippen molar-refractivity contribution < 1.29 is 8.42 Å². The van der Waals surface area contributed by atoms with Crippen LogP contribution in [0.2, 0.25) is 0 Å². The van der Waals surface area contributed by atoms with Crippen LogP contribution in [-0.2, 0) is 16.6 Å². The predicted molar refractivity (Wildman–Crippen MR) is 83.6 cm³/mol. The summed E-state index contributed by atoms with van der Waals surface area (Å²) in [6.45, 7) is 4.47. The predicted octanol–water partition coefficient (Wildman–Crippen LogP) is -0.203. The number of fused-ring (bicyclic) bond motifs is 1. The number of anilines is 1. The third kappa shape index (κ3) is 4.04. The molecule has 0 fully saturated rings. The molecule has 10 heteroatoms. The number of nitrogens with one attached hydrogen (secondary N) is 1. The van der Waals surface area contributed by atoms with E-state index in [2.05, 4.69) is 15.0 Å². The summed E-state index contributed by atoms with van der Waals surface area (Å²) in [4.78, 5) is 22.2. The van der Waals surface area contributed by atoms with Gasteiger partial charge in [-0.15, -0.1) is 0 Å². The lowest BCUT2D eigenvalue weighted by Crippen LogP contribution is -2.23. The summed E-state index contributed by atoms with van der Waals surface area (Å²) in [5.41, 5.74) is 5.59. The Balaban J connectivity index is 2.13. The average molecular weight is 328 g/mol. The van der Waals surface area contributed by atoms with Crippen LogP contribution in [0.25, 0.3) is 11.2 Å². The van der Waals surface area contributed by atoms with Gasteiger partial charge in [0.15, 0.2) is 11.2 Å². The Morgan fingerprint density at radius 1 is 1.36 bits per heavy atom. The van der Waals surface area contributed by atoms with Gasteiger partial charge in [-0.05, 0) is 18.3 Å². The van der Waals surface area contributed by atoms with Crippen LogP contribution >= 0.6 is 0 Å². The van der Waals surface area contributed by atoms with Gasteiger partial charge in [-0.2, -0.15) is 4.98 Å². The first-order valence-corrected chi connectivity index (χ1v) is 8.50. The highest BCUT2D eigenvalue weighted by Crippen LogP contribution is 2.26. The largest absolute Gasteiger partial charge is 0.369 e. The van der Waals surface area contributed by atoms with Gasteiger partial charge in [0, 0.05) is 6.54 Å². The van der Waals surface area contributed by atoms with E-state index in [0.29, 0.717) is 25.0 Å². The molecule has 0 radical (unpaired) electrons. The van der Waals surface area contributed by atoms with Crippen molar-refractivity contribution in [2.75, 3.05) is 11.5 Å². The quantitative estimate of drug-likeness (QED) is 0.668. The molecular formula is C12H20N6O3S. The van der Waals surface area contributed by atoms with Gasteiger partial charge in [-0.25, -0.2) is 18.5 Å². The van der Waals surface area contributed by atoms with Crippen LogP contribution in [0.15, 0.2) is 11.1 Å². The second-order valence-corrected chi connectivity index (χ2v) is 7.83. The van der Waals surface area contributed by atoms with E-state index in [1.54, 1.807) is 4.57 Å². The molecule has 9 nitrogen and oxygen atoms in total. The molecule has 122 valence electrons. The highest BCUT2D eigenvalue weighted by Gasteiger charge is 2.21. The molecule has 0 atom stereocenters. The van der Waals surface area contributed by atoms with Gasteiger partial charge in [0.25, 0.3) is 5.56 Å². The second kappa shape index (κ2) is 5.69. The number of primary sulfonamides is 1. The van der Waals surface area contributed by atoms with Crippen molar-refractivity contribution in [1.29, 1.82) is 0 Å². The highest BCUT2D eigenvalue weighted by molar-refractivity contribution is 7.89. The van der Waals surface area contributed by atoms with Gasteiger partial charge in [-0.3, -0.25) is 9.78 Å². The normalized spacial score (nSPS) is 12.9. The Morgan fingerprint density at radius 2 is 2.05 bits per heavy atom. The summed E-state index contributed by atoms with van der Waals surface area (Å²) in [6.07, 6.45) is 2.67. The van der Waals surface area contributed by atoms with E-state index >= 15 is 0 Å². The zero-order valence-corrected chi connectivity index (χ0v) is 13.4. The Kier molecular flexibility index (Phi) is 4.25. The van der Waals surface area contributed by atoms with Crippen LogP contribution in [-0.4, -0.2) is 33.7 Å². The minimum Gasteiger partial charge on any atom is -0.369 e. The molecule has 0 spiro atoms. The molecular weight excluding hydrogens is 308 g/mol. The van der Waals surface area contributed by atoms with E-state index in [0.717, 1.165) is 0 Å². The summed E-state index contributed by atoms with van der Waals surface area (Å²) in [7, 11) is -3.47. The smallest absolute Gasteiger partial charge is 0.280 e. The molecule has 0 aliphatic carbocycles. The molecule has 0 saturated carbocycles. The number of sulfonamides is 1. The molecule has 0 aliphatic heterocycles. The number of rotatable bonds is 6. The maximum atomic E-state index is 11.7. The molecule has 0 amide bonds. The molecule has 5 N–H and O–H groups in total. The SMILES string of the molecule is CC(C)(CCn1cnc2c(=O)[nH]c(N)nc21)CCS(N)(=O)=O. The van der Waals surface area contributed by atoms with Gasteiger partial charge >= 0.3 is 0 Å². The monoisotopic (exact) mass is 328 g/mol. The van der Waals surface area contributed by atoms with Gasteiger partial charge in [0.2, 0.25) is 16.0 Å². The standard InChI is InChI=1S/C12H20N6O3S/c1-12(2,4-6-22(14,20)21)3-5-18-7-15-8-9(18)16-11(13)17-10(8)19/h7H,3-6H2,1-2H3,(H2,14,20,21)(H3,13,16,17,19). The maximum Gasteiger partial charge on any atom is 0.280 e. The van der Waals surface area contributed by atoms with Crippen molar-refractivity contribution in [2.45, 2.75) is 33.2 Å². The molecule has 0 saturated heterocycles. The number of hydrogen-bond donors (Lipinski definition) is 3. The van der Waals surface area contributed by atoms with Crippen LogP contribution < -0.4 is 16.4 Å². The molecule has 2 heterocycles. The van der Waals surface area contributed by atoms with Gasteiger partial charge < -0.3 is 10.3 Å². The summed E-state index contributed by atoms with van der Waals surface area (Å²) < 4.78 is 23.9. The van der Waals surface area contributed by atoms with Crippen molar-refractivity contribution in [3.63, 3.8) is 0 Å². The molecule has 22 heavy (non-hydrogen) atoms. The fourth-order valence-corrected chi connectivity index (χ4v) is 2.94. The first-order chi connectivity index (χ1) is 10.1. The topological polar surface area (TPSA) is 150 Å². The van der Waals surface area contributed by atoms with Crippen LogP contribution in [0.4, 0.5) is 5.95 Å². The zero-order valence-electron chi connectivity index (χ0n) is 12.5. The number of aryl methyl sites for hydroxylation is 1. The minimum absolute atomic E-state index is 0.0349. The first kappa shape index (κ1) is 16.4. The lowest BCUT2D eigenvalue weighted by Gasteiger charge is -2.24. The fraction of sp³-hybridized carbons (Fsp3) is 0.583. The Morgan fingerprint density at radius 3 is 2.68 bits per heavy atom. The number of nitrogen functional groups attached to an aromatic ring is 1. The van der Waals surface area contributed by atoms with Crippen molar-refractivity contribution in [1.82, 2.24) is 19.5 Å². The van der Waals surface area contributed by atoms with E-state index in [1.165, 1.54) is 6.33 Å². The number of hydrogen-bond acceptors (Lipinski definition) is 6. The molecule has 2 aromatic rings. The molecule has 0 aromatic carbocycles. The number of aromatic nitrogens is 4. The fourth-order valence-electron chi connectivity index (χ4n) is 2.10. The number of H-pyrrole nitrogens is 1. The molecule has 2 aromatic heterocycles. The van der Waals surface area contributed by atoms with Crippen molar-refractivity contribution in [3.05, 3.63) is 16.7 Å². The second-order valence-electron chi connectivity index (χ2n) is 6.09. The lowest BCUT2D eigenvalue weighted by atomic mass is 9.86. The average Bonchev–Trinajstić information content (AvgIpc) is 2.77. The number of aromatic amines is 1. The van der Waals surface area contributed by atoms with E-state index < -0.39 is 10.0 Å². The molecule has 0 unspecified atom stereocenters. The number of nitrogens with two attached hydrogens (primary N) is 2. The highest BCUT2D eigenvalue weighted by atomic mass is 32.2. The van der Waals surface area contributed by atoms with Gasteiger partial charge in [0.1, 0.15) is 0 Å². The summed E-state index contributed by atoms with van der Waals surface area (Å²) >= 11 is 0. The Hall–Kier alpha value is -1.94. The summed E-state index contributed by atoms with van der Waals surface area (Å²) in [6, 6.07) is 0. The number of nitrogens with zero attached hydrogens (tertiary/aromatic N) is 3. The zero-order chi connectivity index (χ0) is 16.5. The van der Waals surface area contributed by atoms with Gasteiger partial charge in [0.05, 0.1) is 12.1 Å². The molecule has 2 rings (SSSR count). The Labute approximate surface area is 127 Å².